The van der Waals surface area contributed by atoms with Gasteiger partial charge in [0, 0.05) is 109 Å². The quantitative estimate of drug-likeness (QED) is 0.00716. The Morgan fingerprint density at radius 2 is 0.937 bits per heavy atom. The van der Waals surface area contributed by atoms with Crippen LogP contribution in [0.3, 0.4) is 0 Å². The summed E-state index contributed by atoms with van der Waals surface area (Å²) >= 11 is 0. The van der Waals surface area contributed by atoms with E-state index in [1.54, 1.807) is 190 Å². The van der Waals surface area contributed by atoms with E-state index in [-0.39, 0.29) is 35.2 Å². The van der Waals surface area contributed by atoms with E-state index in [2.05, 4.69) is 225 Å². The molecule has 35 nitrogen and oxygen atoms in total. The molecule has 1 aliphatic heterocycles. The van der Waals surface area contributed by atoms with Crippen LogP contribution in [0.15, 0.2) is 387 Å². The molecule has 0 saturated carbocycles. The Morgan fingerprint density at radius 1 is 0.486 bits per heavy atom. The topological polar surface area (TPSA) is 513 Å². The number of pyridine rings is 6. The zero-order valence-electron chi connectivity index (χ0n) is 80.4. The number of anilines is 4. The molecule has 142 heavy (non-hydrogen) atoms. The summed E-state index contributed by atoms with van der Waals surface area (Å²) in [5.74, 6) is -2.33. The Hall–Kier alpha value is -18.7. The molecule has 12 rings (SSSR count). The van der Waals surface area contributed by atoms with Crippen molar-refractivity contribution >= 4 is 142 Å². The largest absolute Gasteiger partial charge is 0.478 e. The van der Waals surface area contributed by atoms with Crippen LogP contribution < -0.4 is 37.6 Å². The number of hydrogen-bond donors (Lipinski definition) is 10. The minimum absolute atomic E-state index is 0.139. The second-order valence-corrected chi connectivity index (χ2v) is 29.4. The van der Waals surface area contributed by atoms with Gasteiger partial charge in [-0.05, 0) is 192 Å². The Labute approximate surface area is 829 Å². The first-order valence-electron chi connectivity index (χ1n) is 42.2. The molecule has 10 heterocycles. The number of nitrogens with one attached hydrogen (secondary N) is 6. The van der Waals surface area contributed by atoms with E-state index in [4.69, 9.17) is 14.8 Å². The number of benzene rings is 2. The fourth-order valence-electron chi connectivity index (χ4n) is 9.02. The van der Waals surface area contributed by atoms with Gasteiger partial charge in [-0.15, -0.1) is 6.58 Å². The maximum atomic E-state index is 11.4. The number of aliphatic imine (C=N–C) groups is 3. The molecule has 0 radical (unpaired) electrons. The molecular formula is C106H120N22O13S. The van der Waals surface area contributed by atoms with Gasteiger partial charge in [-0.25, -0.2) is 54.5 Å². The van der Waals surface area contributed by atoms with Gasteiger partial charge >= 0.3 is 11.9 Å². The standard InChI is InChI=1S/C17H13N3.C13H15N3O2.C13H18N2.C11H11N3O2.C9H8O2.C7H13NO4S.C7H7N.2C6H6N2.2C5H6N2.C4H6O2.C3H5NO/c1-2-13-11-16(14-7-3-5-9-18-14)20-17(12-13)15-8-4-6-10-19-15;1-8(2)12(17)15-10-6-5-7-11(14-10)16-13(18)9(3)4;1-4-11-7-9-12(10-8-11)13(14-5-2)15-6-3;1-3-10(15)13-8-6-5-7-9(12-8)14-11(16)4-2;1-2-7-3-5-8(6-4-7)9(10)11;1-4-6(9)8-7(2,3)5-13(10,11)12;1-2-7-3-5-8-6-4-7;1-2-6-3-7-5-8-4-6;1-2-6-3-4-7-5-8-6;1-2-5-3-6-4-7-5;1-2-7-4-3-6-5-7;1-3(2)4(5)6;1-2-3(4)5/h2-12H,1H2;5-7H,1,3H2,2,4H3,(H2,14,15,16,17,18);4,7-10H,1,5-6H2,2-3H3,(H,14,15);3-7H,1-2H2,(H2,12,13,14,15,16);2-6H,1H2,(H,10,11);4H,1,5H2,2-3H3,(H,8,9)(H,10,11,12);2-6H,1H2;2*2-5H,1H2;2*2-5H,1H2;1H2,2H3,(H,5,6);2H,1H2,(H2,4,5). The normalized spacial score (nSPS) is 10.3. The van der Waals surface area contributed by atoms with Gasteiger partial charge in [0.15, 0.2) is 0 Å². The van der Waals surface area contributed by atoms with Crippen molar-refractivity contribution in [3.8, 4) is 22.8 Å². The SMILES string of the molecule is C=C(C)C(=O)Nc1cccc(NC(=O)C(=C)C)n1.C=C(C)C(=O)O.C=CC(=O)NC(C)(C)CS(=O)(=O)O.C=CC(=O)Nc1cccc(NC(=O)C=C)n1.C=CC(N)=O.C=CC1C=NC=N1.C=Cc1cc(-c2ccccn2)nc(-c2ccccn2)c1.C=Cc1ccc(C(=NCC)NCC)cc1.C=Cc1ccc(C(=O)O)cc1.C=Cc1ccncc1.C=Cc1ccncn1.C=Cc1cncnc1.C=Cn1ccnc1. The van der Waals surface area contributed by atoms with Crippen LogP contribution in [0.2, 0.25) is 0 Å². The lowest BCUT2D eigenvalue weighted by Crippen LogP contribution is -2.47. The lowest BCUT2D eigenvalue weighted by molar-refractivity contribution is -0.132. The number of aromatic nitrogens is 12. The molecular weight excluding hydrogens is 1820 g/mol. The van der Waals surface area contributed by atoms with Crippen molar-refractivity contribution in [3.05, 3.63) is 417 Å². The van der Waals surface area contributed by atoms with Crippen molar-refractivity contribution < 1.29 is 61.5 Å². The van der Waals surface area contributed by atoms with Crippen LogP contribution in [0, 0.1) is 0 Å². The van der Waals surface area contributed by atoms with Crippen LogP contribution >= 0.6 is 0 Å². The van der Waals surface area contributed by atoms with E-state index in [1.807, 2.05) is 92.0 Å². The molecule has 1 aliphatic rings. The van der Waals surface area contributed by atoms with E-state index in [0.29, 0.717) is 40.0 Å². The second kappa shape index (κ2) is 72.7. The van der Waals surface area contributed by atoms with Gasteiger partial charge in [0.1, 0.15) is 54.1 Å². The molecule has 0 fully saturated rings. The summed E-state index contributed by atoms with van der Waals surface area (Å²) < 4.78 is 31.3. The zero-order chi connectivity index (χ0) is 107. The monoisotopic (exact) mass is 1940 g/mol. The first-order valence-corrected chi connectivity index (χ1v) is 43.8. The Balaban J connectivity index is 0.00000155. The molecule has 9 aromatic heterocycles. The summed E-state index contributed by atoms with van der Waals surface area (Å²) in [4.78, 5) is 141. The van der Waals surface area contributed by atoms with E-state index in [0.717, 1.165) is 105 Å². The summed E-state index contributed by atoms with van der Waals surface area (Å²) in [6.07, 6.45) is 41.9. The number of nitrogens with zero attached hydrogens (tertiary/aromatic N) is 15. The van der Waals surface area contributed by atoms with E-state index >= 15 is 0 Å². The number of aromatic carboxylic acids is 1. The summed E-state index contributed by atoms with van der Waals surface area (Å²) in [6, 6.07) is 45.8. The van der Waals surface area contributed by atoms with Crippen LogP contribution in [0.5, 0.6) is 0 Å². The third-order valence-corrected chi connectivity index (χ3v) is 17.0. The number of aliphatic carboxylic acids is 1. The van der Waals surface area contributed by atoms with E-state index in [9.17, 15) is 46.8 Å². The maximum absolute atomic E-state index is 11.4. The van der Waals surface area contributed by atoms with Crippen LogP contribution in [0.1, 0.15) is 97.9 Å². The number of nitrogens with two attached hydrogens (primary N) is 1. The number of carboxylic acids is 2. The lowest BCUT2D eigenvalue weighted by atomic mass is 10.1. The van der Waals surface area contributed by atoms with Gasteiger partial charge < -0.3 is 52.4 Å². The smallest absolute Gasteiger partial charge is 0.335 e. The highest BCUT2D eigenvalue weighted by atomic mass is 32.2. The highest BCUT2D eigenvalue weighted by molar-refractivity contribution is 7.85. The minimum atomic E-state index is -4.08. The number of hydrogen-bond acceptors (Lipinski definition) is 24. The van der Waals surface area contributed by atoms with Crippen molar-refractivity contribution in [1.29, 1.82) is 0 Å². The molecule has 0 spiro atoms. The maximum Gasteiger partial charge on any atom is 0.335 e. The van der Waals surface area contributed by atoms with Gasteiger partial charge in [0.05, 0.1) is 51.7 Å². The molecule has 36 heteroatoms. The predicted molar refractivity (Wildman–Crippen MR) is 573 cm³/mol. The van der Waals surface area contributed by atoms with Crippen molar-refractivity contribution in [2.45, 2.75) is 60.0 Å². The number of carbonyl (C=O) groups is 8. The Morgan fingerprint density at radius 3 is 1.24 bits per heavy atom. The molecule has 11 N–H and O–H groups in total. The summed E-state index contributed by atoms with van der Waals surface area (Å²) in [7, 11) is -4.08. The first-order chi connectivity index (χ1) is 67.7. The van der Waals surface area contributed by atoms with Crippen molar-refractivity contribution in [1.82, 2.24) is 70.0 Å². The van der Waals surface area contributed by atoms with E-state index in [1.165, 1.54) is 39.8 Å². The van der Waals surface area contributed by atoms with Gasteiger partial charge in [-0.1, -0.05) is 189 Å². The number of carbonyl (C=O) groups excluding carboxylic acids is 6. The summed E-state index contributed by atoms with van der Waals surface area (Å²) in [5, 5.41) is 32.1. The number of carboxylic acid groups (broad SMARTS) is 2. The van der Waals surface area contributed by atoms with Crippen molar-refractivity contribution in [2.24, 2.45) is 20.7 Å². The van der Waals surface area contributed by atoms with Gasteiger partial charge in [-0.2, -0.15) is 8.42 Å². The molecule has 0 bridgehead atoms. The van der Waals surface area contributed by atoms with Crippen molar-refractivity contribution in [2.75, 3.05) is 40.1 Å². The minimum Gasteiger partial charge on any atom is -0.478 e. The molecule has 738 valence electrons. The summed E-state index contributed by atoms with van der Waals surface area (Å²) in [6.45, 7) is 65.4. The third kappa shape index (κ3) is 59.1. The van der Waals surface area contributed by atoms with Gasteiger partial charge in [0.2, 0.25) is 23.6 Å². The lowest BCUT2D eigenvalue weighted by Gasteiger charge is -2.23. The van der Waals surface area contributed by atoms with E-state index < -0.39 is 45.2 Å². The molecule has 2 aromatic carbocycles. The zero-order valence-corrected chi connectivity index (χ0v) is 81.2. The molecule has 0 saturated heterocycles. The number of imidazole rings is 1. The average molecular weight is 1940 g/mol. The fourth-order valence-corrected chi connectivity index (χ4v) is 10.0. The molecule has 6 amide bonds. The molecule has 11 aromatic rings. The van der Waals surface area contributed by atoms with Crippen LogP contribution in [0.4, 0.5) is 23.3 Å². The number of amidine groups is 1. The number of amides is 6. The highest BCUT2D eigenvalue weighted by Crippen LogP contribution is 2.24. The Bertz CT molecular complexity index is 5900. The molecule has 1 atom stereocenters. The fraction of sp³-hybridized carbons (Fsp3) is 0.113. The second-order valence-electron chi connectivity index (χ2n) is 28.0. The van der Waals surface area contributed by atoms with Crippen LogP contribution in [-0.2, 0) is 43.7 Å². The van der Waals surface area contributed by atoms with Gasteiger partial charge in [0.25, 0.3) is 21.9 Å². The van der Waals surface area contributed by atoms with Crippen molar-refractivity contribution in [3.63, 3.8) is 0 Å². The Kier molecular flexibility index (Phi) is 63.1. The van der Waals surface area contributed by atoms with Crippen LogP contribution in [-0.4, -0.2) is 179 Å². The average Bonchev–Trinajstić information content (AvgIpc) is 0.991. The predicted octanol–water partition coefficient (Wildman–Crippen LogP) is 17.9. The summed E-state index contributed by atoms with van der Waals surface area (Å²) in [5.41, 5.74) is 15.2. The third-order valence-electron chi connectivity index (χ3n) is 15.9. The first kappa shape index (κ1) is 123. The molecule has 1 unspecified atom stereocenters. The van der Waals surface area contributed by atoms with Crippen LogP contribution in [0.25, 0.3) is 65.4 Å². The molecule has 0 aliphatic carbocycles. The number of rotatable bonds is 28. The van der Waals surface area contributed by atoms with Gasteiger partial charge in [-0.3, -0.25) is 58.3 Å². The highest BCUT2D eigenvalue weighted by Gasteiger charge is 2.26. The number of primary amides is 1.